The largest absolute Gasteiger partial charge is 0.465 e. The smallest absolute Gasteiger partial charge is 0.246 e. The Morgan fingerprint density at radius 1 is 1.33 bits per heavy atom. The minimum absolute atomic E-state index is 0. The van der Waals surface area contributed by atoms with Crippen LogP contribution in [0.1, 0.15) is 37.7 Å². The zero-order valence-corrected chi connectivity index (χ0v) is 14.5. The summed E-state index contributed by atoms with van der Waals surface area (Å²) in [5.74, 6) is 1.13. The zero-order chi connectivity index (χ0) is 14.8. The van der Waals surface area contributed by atoms with Crippen LogP contribution in [-0.4, -0.2) is 38.4 Å². The van der Waals surface area contributed by atoms with Gasteiger partial charge in [0.2, 0.25) is 10.0 Å². The molecule has 1 N–H and O–H groups in total. The molecule has 0 spiro atoms. The van der Waals surface area contributed by atoms with Gasteiger partial charge in [0, 0.05) is 12.6 Å². The summed E-state index contributed by atoms with van der Waals surface area (Å²) in [5, 5.41) is 3.28. The molecule has 0 saturated carbocycles. The first-order valence-corrected chi connectivity index (χ1v) is 8.70. The van der Waals surface area contributed by atoms with Gasteiger partial charge in [-0.1, -0.05) is 6.92 Å². The van der Waals surface area contributed by atoms with E-state index in [1.54, 1.807) is 24.2 Å². The van der Waals surface area contributed by atoms with Crippen molar-refractivity contribution in [2.24, 2.45) is 0 Å². The zero-order valence-electron chi connectivity index (χ0n) is 12.9. The number of hydrogen-bond donors (Lipinski definition) is 1. The third-order valence-corrected chi connectivity index (χ3v) is 5.80. The van der Waals surface area contributed by atoms with E-state index in [1.165, 1.54) is 0 Å². The van der Waals surface area contributed by atoms with Gasteiger partial charge in [-0.2, -0.15) is 4.31 Å². The summed E-state index contributed by atoms with van der Waals surface area (Å²) in [6, 6.07) is 1.73. The maximum absolute atomic E-state index is 12.9. The van der Waals surface area contributed by atoms with Gasteiger partial charge >= 0.3 is 0 Å². The van der Waals surface area contributed by atoms with Crippen LogP contribution < -0.4 is 5.32 Å². The Kier molecular flexibility index (Phi) is 6.71. The van der Waals surface area contributed by atoms with Gasteiger partial charge in [-0.05, 0) is 52.3 Å². The summed E-state index contributed by atoms with van der Waals surface area (Å²) in [5.41, 5.74) is 0. The normalized spacial score (nSPS) is 17.0. The topological polar surface area (TPSA) is 62.6 Å². The highest BCUT2D eigenvalue weighted by molar-refractivity contribution is 7.89. The summed E-state index contributed by atoms with van der Waals surface area (Å²) >= 11 is 0. The molecule has 1 aliphatic rings. The van der Waals surface area contributed by atoms with Crippen molar-refractivity contribution in [1.29, 1.82) is 0 Å². The highest BCUT2D eigenvalue weighted by Gasteiger charge is 2.33. The molecule has 1 aliphatic heterocycles. The highest BCUT2D eigenvalue weighted by atomic mass is 35.5. The Labute approximate surface area is 133 Å². The van der Waals surface area contributed by atoms with Gasteiger partial charge in [0.1, 0.15) is 16.4 Å². The van der Waals surface area contributed by atoms with Gasteiger partial charge in [-0.15, -0.1) is 12.4 Å². The van der Waals surface area contributed by atoms with Crippen LogP contribution in [0.4, 0.5) is 0 Å². The van der Waals surface area contributed by atoms with Crippen LogP contribution in [0, 0.1) is 13.8 Å². The summed E-state index contributed by atoms with van der Waals surface area (Å²) in [6.07, 6.45) is 2.56. The molecule has 1 fully saturated rings. The second kappa shape index (κ2) is 7.63. The van der Waals surface area contributed by atoms with Crippen LogP contribution in [-0.2, 0) is 10.0 Å². The maximum atomic E-state index is 12.9. The van der Waals surface area contributed by atoms with E-state index in [1.807, 2.05) is 6.92 Å². The molecule has 21 heavy (non-hydrogen) atoms. The van der Waals surface area contributed by atoms with Crippen molar-refractivity contribution in [3.63, 3.8) is 0 Å². The molecular weight excluding hydrogens is 312 g/mol. The lowest BCUT2D eigenvalue weighted by Gasteiger charge is -2.33. The van der Waals surface area contributed by atoms with E-state index in [4.69, 9.17) is 4.42 Å². The number of sulfonamides is 1. The summed E-state index contributed by atoms with van der Waals surface area (Å²) in [6.45, 7) is 7.83. The number of halogens is 1. The second-order valence-corrected chi connectivity index (χ2v) is 7.23. The lowest BCUT2D eigenvalue weighted by atomic mass is 10.1. The lowest BCUT2D eigenvalue weighted by molar-refractivity contribution is 0.262. The average Bonchev–Trinajstić information content (AvgIpc) is 2.76. The molecule has 0 amide bonds. The molecule has 1 aromatic heterocycles. The van der Waals surface area contributed by atoms with Crippen LogP contribution in [0.5, 0.6) is 0 Å². The van der Waals surface area contributed by atoms with Crippen molar-refractivity contribution in [3.8, 4) is 0 Å². The fourth-order valence-electron chi connectivity index (χ4n) is 2.80. The molecule has 1 aromatic rings. The monoisotopic (exact) mass is 336 g/mol. The number of nitrogens with one attached hydrogen (secondary N) is 1. The molecule has 0 aliphatic carbocycles. The molecule has 7 heteroatoms. The molecule has 5 nitrogen and oxygen atoms in total. The van der Waals surface area contributed by atoms with E-state index in [9.17, 15) is 8.42 Å². The minimum atomic E-state index is -3.46. The third-order valence-electron chi connectivity index (χ3n) is 3.74. The fraction of sp³-hybridized carbons (Fsp3) is 0.714. The van der Waals surface area contributed by atoms with Crippen LogP contribution in [0.15, 0.2) is 15.4 Å². The van der Waals surface area contributed by atoms with Crippen molar-refractivity contribution in [1.82, 2.24) is 9.62 Å². The Hall–Kier alpha value is -0.560. The van der Waals surface area contributed by atoms with Crippen molar-refractivity contribution in [2.75, 3.05) is 19.6 Å². The van der Waals surface area contributed by atoms with Crippen LogP contribution in [0.2, 0.25) is 0 Å². The van der Waals surface area contributed by atoms with Crippen LogP contribution >= 0.6 is 12.4 Å². The van der Waals surface area contributed by atoms with E-state index in [0.29, 0.717) is 23.0 Å². The SMILES string of the molecule is CCCN(C1CCNCC1)S(=O)(=O)c1cc(C)oc1C.Cl. The summed E-state index contributed by atoms with van der Waals surface area (Å²) in [4.78, 5) is 0.321. The van der Waals surface area contributed by atoms with E-state index in [-0.39, 0.29) is 18.4 Å². The van der Waals surface area contributed by atoms with Gasteiger partial charge in [-0.25, -0.2) is 8.42 Å². The number of hydrogen-bond acceptors (Lipinski definition) is 4. The standard InChI is InChI=1S/C14H24N2O3S.ClH/c1-4-9-16(13-5-7-15-8-6-13)20(17,18)14-10-11(2)19-12(14)3;/h10,13,15H,4-9H2,1-3H3;1H. The molecule has 0 atom stereocenters. The number of rotatable bonds is 5. The number of piperidine rings is 1. The van der Waals surface area contributed by atoms with Gasteiger partial charge in [0.05, 0.1) is 0 Å². The van der Waals surface area contributed by atoms with Gasteiger partial charge < -0.3 is 9.73 Å². The number of nitrogens with zero attached hydrogens (tertiary/aromatic N) is 1. The number of furan rings is 1. The molecule has 0 unspecified atom stereocenters. The molecule has 2 rings (SSSR count). The maximum Gasteiger partial charge on any atom is 0.246 e. The lowest BCUT2D eigenvalue weighted by Crippen LogP contribution is -2.46. The van der Waals surface area contributed by atoms with Crippen molar-refractivity contribution < 1.29 is 12.8 Å². The van der Waals surface area contributed by atoms with E-state index in [0.717, 1.165) is 32.4 Å². The number of aryl methyl sites for hydroxylation is 2. The molecule has 2 heterocycles. The fourth-order valence-corrected chi connectivity index (χ4v) is 4.80. The van der Waals surface area contributed by atoms with Crippen LogP contribution in [0.25, 0.3) is 0 Å². The van der Waals surface area contributed by atoms with E-state index >= 15 is 0 Å². The summed E-state index contributed by atoms with van der Waals surface area (Å²) in [7, 11) is -3.46. The minimum Gasteiger partial charge on any atom is -0.465 e. The van der Waals surface area contributed by atoms with Crippen molar-refractivity contribution >= 4 is 22.4 Å². The molecular formula is C14H25ClN2O3S. The first-order chi connectivity index (χ1) is 9.46. The highest BCUT2D eigenvalue weighted by Crippen LogP contribution is 2.27. The Morgan fingerprint density at radius 3 is 2.43 bits per heavy atom. The van der Waals surface area contributed by atoms with Gasteiger partial charge in [0.15, 0.2) is 0 Å². The molecule has 0 aromatic carbocycles. The first-order valence-electron chi connectivity index (χ1n) is 7.26. The van der Waals surface area contributed by atoms with Crippen LogP contribution in [0.3, 0.4) is 0 Å². The Bertz CT molecular complexity index is 551. The first kappa shape index (κ1) is 18.5. The Balaban J connectivity index is 0.00000220. The predicted octanol–water partition coefficient (Wildman–Crippen LogP) is 2.47. The van der Waals surface area contributed by atoms with E-state index in [2.05, 4.69) is 5.32 Å². The summed E-state index contributed by atoms with van der Waals surface area (Å²) < 4.78 is 32.9. The Morgan fingerprint density at radius 2 is 1.95 bits per heavy atom. The van der Waals surface area contributed by atoms with Crippen molar-refractivity contribution in [2.45, 2.75) is 51.0 Å². The molecule has 122 valence electrons. The van der Waals surface area contributed by atoms with Crippen molar-refractivity contribution in [3.05, 3.63) is 17.6 Å². The van der Waals surface area contributed by atoms with Gasteiger partial charge in [0.25, 0.3) is 0 Å². The third kappa shape index (κ3) is 4.00. The second-order valence-electron chi connectivity index (χ2n) is 5.37. The average molecular weight is 337 g/mol. The quantitative estimate of drug-likeness (QED) is 0.897. The van der Waals surface area contributed by atoms with Gasteiger partial charge in [-0.3, -0.25) is 0 Å². The molecule has 0 radical (unpaired) electrons. The molecule has 0 bridgehead atoms. The van der Waals surface area contributed by atoms with E-state index < -0.39 is 10.0 Å². The predicted molar refractivity (Wildman–Crippen MR) is 85.5 cm³/mol. The molecule has 1 saturated heterocycles.